The van der Waals surface area contributed by atoms with Crippen molar-refractivity contribution in [1.82, 2.24) is 0 Å². The zero-order valence-electron chi connectivity index (χ0n) is 10.9. The molecule has 0 saturated carbocycles. The number of halogens is 1. The molecule has 0 radical (unpaired) electrons. The third-order valence-corrected chi connectivity index (χ3v) is 2.53. The van der Waals surface area contributed by atoms with Crippen LogP contribution in [0.15, 0.2) is 18.2 Å². The summed E-state index contributed by atoms with van der Waals surface area (Å²) in [4.78, 5) is 22.5. The minimum Gasteiger partial charge on any atom is -0.480 e. The van der Waals surface area contributed by atoms with Crippen LogP contribution in [0, 0.1) is 15.9 Å². The SMILES string of the molecule is CC(C)(C)N(CC(=O)O)c1cc(F)ccc1[N+](=O)[O-]. The Morgan fingerprint density at radius 1 is 1.47 bits per heavy atom. The molecule has 0 fully saturated rings. The van der Waals surface area contributed by atoms with Gasteiger partial charge in [0.05, 0.1) is 4.92 Å². The number of nitro benzene ring substituents is 1. The lowest BCUT2D eigenvalue weighted by atomic mass is 10.0. The normalized spacial score (nSPS) is 11.2. The summed E-state index contributed by atoms with van der Waals surface area (Å²) in [6.07, 6.45) is 0. The van der Waals surface area contributed by atoms with Crippen molar-refractivity contribution in [2.75, 3.05) is 11.4 Å². The molecule has 0 aliphatic heterocycles. The van der Waals surface area contributed by atoms with E-state index < -0.39 is 28.8 Å². The topological polar surface area (TPSA) is 83.7 Å². The van der Waals surface area contributed by atoms with Gasteiger partial charge in [-0.15, -0.1) is 0 Å². The van der Waals surface area contributed by atoms with E-state index in [2.05, 4.69) is 0 Å². The van der Waals surface area contributed by atoms with Gasteiger partial charge < -0.3 is 10.0 Å². The number of benzene rings is 1. The molecule has 19 heavy (non-hydrogen) atoms. The molecule has 1 aromatic carbocycles. The van der Waals surface area contributed by atoms with Crippen molar-refractivity contribution in [2.45, 2.75) is 26.3 Å². The number of aliphatic carboxylic acids is 1. The van der Waals surface area contributed by atoms with Crippen molar-refractivity contribution in [3.63, 3.8) is 0 Å². The van der Waals surface area contributed by atoms with Gasteiger partial charge in [-0.1, -0.05) is 0 Å². The van der Waals surface area contributed by atoms with Crippen molar-refractivity contribution in [3.8, 4) is 0 Å². The van der Waals surface area contributed by atoms with Crippen LogP contribution in [0.25, 0.3) is 0 Å². The maximum absolute atomic E-state index is 13.3. The molecule has 104 valence electrons. The van der Waals surface area contributed by atoms with E-state index in [1.807, 2.05) is 0 Å². The highest BCUT2D eigenvalue weighted by atomic mass is 19.1. The lowest BCUT2D eigenvalue weighted by molar-refractivity contribution is -0.384. The van der Waals surface area contributed by atoms with Gasteiger partial charge in [0.25, 0.3) is 5.69 Å². The molecule has 0 heterocycles. The van der Waals surface area contributed by atoms with E-state index in [4.69, 9.17) is 5.11 Å². The van der Waals surface area contributed by atoms with Crippen molar-refractivity contribution >= 4 is 17.3 Å². The molecule has 0 amide bonds. The smallest absolute Gasteiger partial charge is 0.323 e. The standard InChI is InChI=1S/C12H15FN2O4/c1-12(2,3)14(7-11(16)17)10-6-8(13)4-5-9(10)15(18)19/h4-6H,7H2,1-3H3,(H,16,17). The largest absolute Gasteiger partial charge is 0.480 e. The first-order chi connectivity index (χ1) is 8.62. The van der Waals surface area contributed by atoms with Crippen LogP contribution in [-0.4, -0.2) is 28.1 Å². The van der Waals surface area contributed by atoms with Gasteiger partial charge in [0.15, 0.2) is 0 Å². The van der Waals surface area contributed by atoms with Gasteiger partial charge in [-0.25, -0.2) is 4.39 Å². The van der Waals surface area contributed by atoms with Crippen LogP contribution in [-0.2, 0) is 4.79 Å². The summed E-state index contributed by atoms with van der Waals surface area (Å²) >= 11 is 0. The third-order valence-electron chi connectivity index (χ3n) is 2.53. The summed E-state index contributed by atoms with van der Waals surface area (Å²) in [6.45, 7) is 4.65. The fourth-order valence-electron chi connectivity index (χ4n) is 1.69. The number of anilines is 1. The average molecular weight is 270 g/mol. The first-order valence-electron chi connectivity index (χ1n) is 5.56. The van der Waals surface area contributed by atoms with Crippen LogP contribution in [0.5, 0.6) is 0 Å². The Morgan fingerprint density at radius 2 is 2.05 bits per heavy atom. The summed E-state index contributed by atoms with van der Waals surface area (Å²) in [7, 11) is 0. The molecule has 1 aromatic rings. The molecule has 0 aromatic heterocycles. The van der Waals surface area contributed by atoms with E-state index in [1.165, 1.54) is 4.90 Å². The van der Waals surface area contributed by atoms with Gasteiger partial charge in [0.2, 0.25) is 0 Å². The first kappa shape index (κ1) is 14.9. The van der Waals surface area contributed by atoms with Crippen LogP contribution < -0.4 is 4.90 Å². The summed E-state index contributed by atoms with van der Waals surface area (Å²) in [5.41, 5.74) is -1.06. The predicted octanol–water partition coefficient (Wildman–Crippen LogP) is 2.42. The number of rotatable bonds is 4. The molecule has 1 rings (SSSR count). The highest BCUT2D eigenvalue weighted by Gasteiger charge is 2.30. The van der Waals surface area contributed by atoms with Crippen molar-refractivity contribution in [2.24, 2.45) is 0 Å². The molecule has 0 atom stereocenters. The molecular weight excluding hydrogens is 255 g/mol. The van der Waals surface area contributed by atoms with Gasteiger partial charge in [-0.3, -0.25) is 14.9 Å². The average Bonchev–Trinajstić information content (AvgIpc) is 2.23. The van der Waals surface area contributed by atoms with Crippen LogP contribution in [0.2, 0.25) is 0 Å². The van der Waals surface area contributed by atoms with E-state index in [0.29, 0.717) is 0 Å². The van der Waals surface area contributed by atoms with Gasteiger partial charge in [0, 0.05) is 17.7 Å². The van der Waals surface area contributed by atoms with E-state index in [9.17, 15) is 19.3 Å². The quantitative estimate of drug-likeness (QED) is 0.671. The molecule has 6 nitrogen and oxygen atoms in total. The number of nitro groups is 1. The van der Waals surface area contributed by atoms with Crippen LogP contribution in [0.4, 0.5) is 15.8 Å². The molecule has 0 aliphatic rings. The molecule has 1 N–H and O–H groups in total. The van der Waals surface area contributed by atoms with Gasteiger partial charge in [-0.2, -0.15) is 0 Å². The highest BCUT2D eigenvalue weighted by molar-refractivity contribution is 5.77. The van der Waals surface area contributed by atoms with Gasteiger partial charge in [0.1, 0.15) is 18.0 Å². The summed E-state index contributed by atoms with van der Waals surface area (Å²) < 4.78 is 13.3. The number of nitrogens with zero attached hydrogens (tertiary/aromatic N) is 2. The number of hydrogen-bond acceptors (Lipinski definition) is 4. The second-order valence-corrected chi connectivity index (χ2v) is 5.04. The van der Waals surface area contributed by atoms with E-state index >= 15 is 0 Å². The Hall–Kier alpha value is -2.18. The molecule has 0 spiro atoms. The van der Waals surface area contributed by atoms with Crippen LogP contribution in [0.3, 0.4) is 0 Å². The Labute approximate surface area is 109 Å². The molecular formula is C12H15FN2O4. The Kier molecular flexibility index (Phi) is 4.08. The van der Waals surface area contributed by atoms with Crippen molar-refractivity contribution < 1.29 is 19.2 Å². The minimum atomic E-state index is -1.14. The molecule has 0 aliphatic carbocycles. The summed E-state index contributed by atoms with van der Waals surface area (Å²) in [6, 6.07) is 2.99. The second kappa shape index (κ2) is 5.21. The van der Waals surface area contributed by atoms with E-state index in [-0.39, 0.29) is 11.4 Å². The highest BCUT2D eigenvalue weighted by Crippen LogP contribution is 2.33. The lowest BCUT2D eigenvalue weighted by Gasteiger charge is -2.35. The number of hydrogen-bond donors (Lipinski definition) is 1. The van der Waals surface area contributed by atoms with Crippen molar-refractivity contribution in [1.29, 1.82) is 0 Å². The second-order valence-electron chi connectivity index (χ2n) is 5.04. The Bertz CT molecular complexity index is 511. The first-order valence-corrected chi connectivity index (χ1v) is 5.56. The maximum Gasteiger partial charge on any atom is 0.323 e. The summed E-state index contributed by atoms with van der Waals surface area (Å²) in [5, 5.41) is 19.9. The Balaban J connectivity index is 3.40. The number of carboxylic acid groups (broad SMARTS) is 1. The number of carbonyl (C=O) groups is 1. The third kappa shape index (κ3) is 3.64. The monoisotopic (exact) mass is 270 g/mol. The fraction of sp³-hybridized carbons (Fsp3) is 0.417. The van der Waals surface area contributed by atoms with Crippen LogP contribution in [0.1, 0.15) is 20.8 Å². The zero-order chi connectivity index (χ0) is 14.8. The minimum absolute atomic E-state index is 0.0418. The Morgan fingerprint density at radius 3 is 2.47 bits per heavy atom. The number of carboxylic acids is 1. The lowest BCUT2D eigenvalue weighted by Crippen LogP contribution is -2.45. The van der Waals surface area contributed by atoms with Crippen molar-refractivity contribution in [3.05, 3.63) is 34.1 Å². The molecule has 7 heteroatoms. The molecule has 0 saturated heterocycles. The van der Waals surface area contributed by atoms with Gasteiger partial charge in [-0.05, 0) is 26.8 Å². The van der Waals surface area contributed by atoms with Crippen LogP contribution >= 0.6 is 0 Å². The predicted molar refractivity (Wildman–Crippen MR) is 67.8 cm³/mol. The molecule has 0 unspecified atom stereocenters. The summed E-state index contributed by atoms with van der Waals surface area (Å²) in [5.74, 6) is -1.80. The van der Waals surface area contributed by atoms with E-state index in [0.717, 1.165) is 18.2 Å². The van der Waals surface area contributed by atoms with E-state index in [1.54, 1.807) is 20.8 Å². The fourth-order valence-corrected chi connectivity index (χ4v) is 1.69. The van der Waals surface area contributed by atoms with Gasteiger partial charge >= 0.3 is 5.97 Å². The maximum atomic E-state index is 13.3. The zero-order valence-corrected chi connectivity index (χ0v) is 10.9. The molecule has 0 bridgehead atoms.